The van der Waals surface area contributed by atoms with Crippen molar-refractivity contribution in [2.45, 2.75) is 0 Å². The van der Waals surface area contributed by atoms with E-state index in [0.717, 1.165) is 8.04 Å². The minimum absolute atomic E-state index is 0.336. The minimum atomic E-state index is -0.336. The first-order valence-corrected chi connectivity index (χ1v) is 8.95. The van der Waals surface area contributed by atoms with Gasteiger partial charge in [-0.1, -0.05) is 0 Å². The lowest BCUT2D eigenvalue weighted by atomic mass is 10.2. The summed E-state index contributed by atoms with van der Waals surface area (Å²) < 4.78 is 17.4. The number of carbonyl (C=O) groups is 1. The SMILES string of the molecule is COc1cc(OC)c(/C=N\NC(=O)c2ccc(I)c(OC)c2)cc1Br. The molecule has 0 aliphatic rings. The Hall–Kier alpha value is -1.81. The number of nitrogens with one attached hydrogen (secondary N) is 1. The Bertz CT molecular complexity index is 811. The van der Waals surface area contributed by atoms with Crippen molar-refractivity contribution in [3.63, 3.8) is 0 Å². The number of hydrogen-bond donors (Lipinski definition) is 1. The lowest BCUT2D eigenvalue weighted by molar-refractivity contribution is 0.0954. The van der Waals surface area contributed by atoms with Gasteiger partial charge in [-0.05, 0) is 62.8 Å². The van der Waals surface area contributed by atoms with Crippen LogP contribution in [0.3, 0.4) is 0 Å². The molecule has 0 saturated heterocycles. The van der Waals surface area contributed by atoms with Gasteiger partial charge in [-0.25, -0.2) is 5.43 Å². The van der Waals surface area contributed by atoms with Gasteiger partial charge in [0.2, 0.25) is 0 Å². The van der Waals surface area contributed by atoms with Crippen LogP contribution in [-0.4, -0.2) is 33.5 Å². The summed E-state index contributed by atoms with van der Waals surface area (Å²) in [6, 6.07) is 8.71. The molecular weight excluding hydrogens is 503 g/mol. The lowest BCUT2D eigenvalue weighted by Crippen LogP contribution is -2.17. The zero-order valence-corrected chi connectivity index (χ0v) is 17.5. The Morgan fingerprint density at radius 3 is 2.40 bits per heavy atom. The summed E-state index contributed by atoms with van der Waals surface area (Å²) in [5, 5.41) is 3.99. The first-order valence-electron chi connectivity index (χ1n) is 7.08. The van der Waals surface area contributed by atoms with Crippen LogP contribution in [0.1, 0.15) is 15.9 Å². The summed E-state index contributed by atoms with van der Waals surface area (Å²) in [5.74, 6) is 1.52. The maximum Gasteiger partial charge on any atom is 0.271 e. The molecule has 0 saturated carbocycles. The molecule has 2 aromatic rings. The molecule has 0 aliphatic heterocycles. The fourth-order valence-corrected chi connectivity index (χ4v) is 3.09. The maximum atomic E-state index is 12.2. The summed E-state index contributed by atoms with van der Waals surface area (Å²) in [6.45, 7) is 0. The first-order chi connectivity index (χ1) is 12.0. The number of rotatable bonds is 6. The standard InChI is InChI=1S/C17H16BrIN2O4/c1-23-14-8-15(24-2)12(18)6-11(14)9-20-21-17(22)10-4-5-13(19)16(7-10)25-3/h4-9H,1-3H3,(H,21,22)/b20-9-. The number of amides is 1. The van der Waals surface area contributed by atoms with Gasteiger partial charge >= 0.3 is 0 Å². The highest BCUT2D eigenvalue weighted by Crippen LogP contribution is 2.31. The summed E-state index contributed by atoms with van der Waals surface area (Å²) in [7, 11) is 4.68. The Labute approximate surface area is 167 Å². The Balaban J connectivity index is 2.15. The largest absolute Gasteiger partial charge is 0.496 e. The van der Waals surface area contributed by atoms with Gasteiger partial charge in [-0.3, -0.25) is 4.79 Å². The molecule has 2 aromatic carbocycles. The zero-order valence-electron chi connectivity index (χ0n) is 13.8. The molecule has 132 valence electrons. The van der Waals surface area contributed by atoms with E-state index in [1.807, 2.05) is 6.07 Å². The Morgan fingerprint density at radius 2 is 1.76 bits per heavy atom. The van der Waals surface area contributed by atoms with Crippen molar-refractivity contribution in [2.24, 2.45) is 5.10 Å². The number of hydrogen-bond acceptors (Lipinski definition) is 5. The third kappa shape index (κ3) is 4.85. The molecule has 0 bridgehead atoms. The van der Waals surface area contributed by atoms with E-state index in [1.54, 1.807) is 45.6 Å². The number of carbonyl (C=O) groups excluding carboxylic acids is 1. The molecule has 0 atom stereocenters. The van der Waals surface area contributed by atoms with Gasteiger partial charge in [0.25, 0.3) is 5.91 Å². The maximum absolute atomic E-state index is 12.2. The molecule has 1 N–H and O–H groups in total. The van der Waals surface area contributed by atoms with E-state index in [2.05, 4.69) is 49.0 Å². The van der Waals surface area contributed by atoms with Gasteiger partial charge in [0.1, 0.15) is 17.2 Å². The summed E-state index contributed by atoms with van der Waals surface area (Å²) in [6.07, 6.45) is 1.50. The molecule has 25 heavy (non-hydrogen) atoms. The van der Waals surface area contributed by atoms with Crippen molar-refractivity contribution in [1.29, 1.82) is 0 Å². The van der Waals surface area contributed by atoms with Crippen LogP contribution in [0, 0.1) is 3.57 Å². The molecule has 0 aliphatic carbocycles. The average molecular weight is 519 g/mol. The van der Waals surface area contributed by atoms with Gasteiger partial charge in [-0.2, -0.15) is 5.10 Å². The second-order valence-electron chi connectivity index (χ2n) is 4.78. The van der Waals surface area contributed by atoms with Crippen LogP contribution in [0.15, 0.2) is 39.9 Å². The van der Waals surface area contributed by atoms with E-state index in [-0.39, 0.29) is 5.91 Å². The van der Waals surface area contributed by atoms with E-state index in [0.29, 0.717) is 28.4 Å². The van der Waals surface area contributed by atoms with E-state index in [4.69, 9.17) is 14.2 Å². The van der Waals surface area contributed by atoms with Gasteiger partial charge in [0, 0.05) is 17.2 Å². The van der Waals surface area contributed by atoms with Crippen LogP contribution < -0.4 is 19.6 Å². The molecule has 0 radical (unpaired) electrons. The number of hydrazone groups is 1. The number of benzene rings is 2. The second kappa shape index (κ2) is 9.04. The van der Waals surface area contributed by atoms with Crippen LogP contribution in [0.25, 0.3) is 0 Å². The molecule has 0 fully saturated rings. The molecule has 0 unspecified atom stereocenters. The fraction of sp³-hybridized carbons (Fsp3) is 0.176. The number of nitrogens with zero attached hydrogens (tertiary/aromatic N) is 1. The molecular formula is C17H16BrIN2O4. The van der Waals surface area contributed by atoms with Crippen LogP contribution in [0.2, 0.25) is 0 Å². The van der Waals surface area contributed by atoms with Crippen LogP contribution in [0.4, 0.5) is 0 Å². The number of halogens is 2. The van der Waals surface area contributed by atoms with Gasteiger partial charge < -0.3 is 14.2 Å². The third-order valence-corrected chi connectivity index (χ3v) is 4.80. The van der Waals surface area contributed by atoms with Gasteiger partial charge in [0.15, 0.2) is 0 Å². The van der Waals surface area contributed by atoms with E-state index in [9.17, 15) is 4.79 Å². The highest BCUT2D eigenvalue weighted by molar-refractivity contribution is 14.1. The van der Waals surface area contributed by atoms with Crippen molar-refractivity contribution in [1.82, 2.24) is 5.43 Å². The predicted octanol–water partition coefficient (Wildman–Crippen LogP) is 3.84. The topological polar surface area (TPSA) is 69.2 Å². The van der Waals surface area contributed by atoms with Gasteiger partial charge in [0.05, 0.1) is 35.6 Å². The fourth-order valence-electron chi connectivity index (χ4n) is 2.01. The smallest absolute Gasteiger partial charge is 0.271 e. The van der Waals surface area contributed by atoms with E-state index in [1.165, 1.54) is 6.21 Å². The molecule has 6 nitrogen and oxygen atoms in total. The Kier molecular flexibility index (Phi) is 7.06. The quantitative estimate of drug-likeness (QED) is 0.358. The lowest BCUT2D eigenvalue weighted by Gasteiger charge is -2.09. The highest BCUT2D eigenvalue weighted by Gasteiger charge is 2.10. The minimum Gasteiger partial charge on any atom is -0.496 e. The molecule has 2 rings (SSSR count). The van der Waals surface area contributed by atoms with Crippen molar-refractivity contribution in [3.05, 3.63) is 49.5 Å². The monoisotopic (exact) mass is 518 g/mol. The zero-order chi connectivity index (χ0) is 18.4. The van der Waals surface area contributed by atoms with Crippen LogP contribution in [-0.2, 0) is 0 Å². The van der Waals surface area contributed by atoms with Crippen LogP contribution in [0.5, 0.6) is 17.2 Å². The first kappa shape index (κ1) is 19.5. The molecule has 8 heteroatoms. The van der Waals surface area contributed by atoms with E-state index >= 15 is 0 Å². The average Bonchev–Trinajstić information content (AvgIpc) is 2.62. The summed E-state index contributed by atoms with van der Waals surface area (Å²) in [5.41, 5.74) is 3.63. The number of ether oxygens (including phenoxy) is 3. The second-order valence-corrected chi connectivity index (χ2v) is 6.79. The predicted molar refractivity (Wildman–Crippen MR) is 108 cm³/mol. The van der Waals surface area contributed by atoms with Crippen molar-refractivity contribution in [3.8, 4) is 17.2 Å². The molecule has 0 aromatic heterocycles. The van der Waals surface area contributed by atoms with Gasteiger partial charge in [-0.15, -0.1) is 0 Å². The molecule has 1 amide bonds. The Morgan fingerprint density at radius 1 is 1.08 bits per heavy atom. The summed E-state index contributed by atoms with van der Waals surface area (Å²) in [4.78, 5) is 12.2. The summed E-state index contributed by atoms with van der Waals surface area (Å²) >= 11 is 5.55. The molecule has 0 spiro atoms. The molecule has 0 heterocycles. The van der Waals surface area contributed by atoms with Crippen molar-refractivity contribution < 1.29 is 19.0 Å². The third-order valence-electron chi connectivity index (χ3n) is 3.29. The highest BCUT2D eigenvalue weighted by atomic mass is 127. The number of methoxy groups -OCH3 is 3. The normalized spacial score (nSPS) is 10.6. The van der Waals surface area contributed by atoms with E-state index < -0.39 is 0 Å². The van der Waals surface area contributed by atoms with Crippen LogP contribution >= 0.6 is 38.5 Å². The van der Waals surface area contributed by atoms with Crippen molar-refractivity contribution in [2.75, 3.05) is 21.3 Å². The van der Waals surface area contributed by atoms with Crippen molar-refractivity contribution >= 4 is 50.6 Å².